The maximum atomic E-state index is 14.5. The van der Waals surface area contributed by atoms with E-state index in [9.17, 15) is 29.4 Å². The van der Waals surface area contributed by atoms with Crippen LogP contribution < -0.4 is 10.8 Å². The zero-order chi connectivity index (χ0) is 45.8. The van der Waals surface area contributed by atoms with Crippen molar-refractivity contribution in [1.29, 1.82) is 0 Å². The van der Waals surface area contributed by atoms with Gasteiger partial charge in [0.15, 0.2) is 17.2 Å². The number of hydrogen-bond acceptors (Lipinski definition) is 16. The van der Waals surface area contributed by atoms with E-state index in [1.807, 2.05) is 64.9 Å². The summed E-state index contributed by atoms with van der Waals surface area (Å²) in [6.07, 6.45) is -5.08. The first-order valence-electron chi connectivity index (χ1n) is 21.6. The van der Waals surface area contributed by atoms with Crippen molar-refractivity contribution < 1.29 is 57.9 Å². The Morgan fingerprint density at radius 2 is 1.79 bits per heavy atom. The first kappa shape index (κ1) is 49.7. The number of likely N-dealkylation sites (N-methyl/N-ethyl adjacent to an activating group) is 1. The summed E-state index contributed by atoms with van der Waals surface area (Å²) >= 11 is 1.34. The second-order valence-electron chi connectivity index (χ2n) is 18.0. The number of nitrogens with one attached hydrogen (secondary N) is 2. The van der Waals surface area contributed by atoms with Crippen LogP contribution in [-0.2, 0) is 54.3 Å². The van der Waals surface area contributed by atoms with E-state index in [0.717, 1.165) is 15.8 Å². The lowest BCUT2D eigenvalue weighted by Crippen LogP contribution is -2.60. The third kappa shape index (κ3) is 11.5. The Labute approximate surface area is 368 Å². The molecule has 2 aromatic rings. The highest BCUT2D eigenvalue weighted by Gasteiger charge is 2.53. The molecular formula is C44H67N5O12S. The van der Waals surface area contributed by atoms with Crippen LogP contribution in [0.4, 0.5) is 5.13 Å². The Kier molecular flexibility index (Phi) is 16.6. The van der Waals surface area contributed by atoms with Crippen molar-refractivity contribution in [2.45, 2.75) is 155 Å². The summed E-state index contributed by atoms with van der Waals surface area (Å²) in [5.41, 5.74) is 1.84. The van der Waals surface area contributed by atoms with Gasteiger partial charge in [-0.1, -0.05) is 45.1 Å². The lowest BCUT2D eigenvalue weighted by Gasteiger charge is -2.47. The third-order valence-corrected chi connectivity index (χ3v) is 13.4. The summed E-state index contributed by atoms with van der Waals surface area (Å²) < 4.78 is 33.5. The quantitative estimate of drug-likeness (QED) is 0.158. The number of ether oxygens (including phenoxy) is 5. The lowest BCUT2D eigenvalue weighted by atomic mass is 9.73. The molecule has 3 fully saturated rings. The van der Waals surface area contributed by atoms with Crippen LogP contribution in [0.2, 0.25) is 0 Å². The van der Waals surface area contributed by atoms with Gasteiger partial charge in [0.2, 0.25) is 11.8 Å². The van der Waals surface area contributed by atoms with E-state index in [0.29, 0.717) is 17.3 Å². The summed E-state index contributed by atoms with van der Waals surface area (Å²) in [5.74, 6) is -5.52. The minimum Gasteiger partial charge on any atom is -0.459 e. The molecule has 0 spiro atoms. The van der Waals surface area contributed by atoms with E-state index < -0.39 is 89.3 Å². The van der Waals surface area contributed by atoms with Crippen molar-refractivity contribution in [3.05, 3.63) is 23.8 Å². The fourth-order valence-electron chi connectivity index (χ4n) is 9.21. The molecular weight excluding hydrogens is 823 g/mol. The van der Waals surface area contributed by atoms with Gasteiger partial charge >= 0.3 is 5.97 Å². The number of benzene rings is 1. The number of rotatable bonds is 9. The van der Waals surface area contributed by atoms with E-state index >= 15 is 0 Å². The van der Waals surface area contributed by atoms with Crippen LogP contribution >= 0.6 is 11.3 Å². The average Bonchev–Trinajstić information content (AvgIpc) is 3.59. The Bertz CT molecular complexity index is 1940. The average molecular weight is 890 g/mol. The predicted octanol–water partition coefficient (Wildman–Crippen LogP) is 4.21. The molecule has 1 aromatic heterocycles. The number of aliphatic imine (C=N–C) groups is 1. The number of hydroxylamine groups is 1. The van der Waals surface area contributed by atoms with Crippen LogP contribution in [0.15, 0.2) is 23.2 Å². The number of cyclic esters (lactones) is 1. The summed E-state index contributed by atoms with van der Waals surface area (Å²) in [6.45, 7) is 16.6. The number of esters is 1. The Morgan fingerprint density at radius 1 is 1.08 bits per heavy atom. The minimum absolute atomic E-state index is 0.0621. The monoisotopic (exact) mass is 889 g/mol. The van der Waals surface area contributed by atoms with Gasteiger partial charge < -0.3 is 44.1 Å². The van der Waals surface area contributed by atoms with Gasteiger partial charge in [-0.25, -0.2) is 9.98 Å². The number of nitrogens with zero attached hydrogens (tertiary/aromatic N) is 3. The number of ketones is 1. The number of aliphatic hydroxyl groups is 2. The molecule has 1 unspecified atom stereocenters. The smallest absolute Gasteiger partial charge is 0.316 e. The molecule has 62 heavy (non-hydrogen) atoms. The number of aromatic nitrogens is 1. The highest BCUT2D eigenvalue weighted by molar-refractivity contribution is 7.22. The minimum atomic E-state index is -1.84. The third-order valence-electron chi connectivity index (χ3n) is 12.4. The normalized spacial score (nSPS) is 37.4. The topological polar surface area (TPSA) is 217 Å². The summed E-state index contributed by atoms with van der Waals surface area (Å²) in [7, 11) is 3.73. The SMILES string of the molecule is CC[C@H]1OC(=O)[C@H](C)C(=O)[C@H](C)[C@@H](O[C@H]2O[C@H](C)C[C@H](N(C)C)[C@H]2O)[C@@]2(C)C[C@@H](C)C(=NC(C)=O)[C@H](C)[C@@H](OCC(NOCc3ccc4nc(NC(C)=O)sc4c3)CO2)[C@]1(C)O. The molecule has 2 bridgehead atoms. The van der Waals surface area contributed by atoms with Gasteiger partial charge in [0, 0.05) is 37.4 Å². The molecule has 4 N–H and O–H groups in total. The summed E-state index contributed by atoms with van der Waals surface area (Å²) in [5, 5.41) is 27.4. The number of carbonyl (C=O) groups excluding carboxylic acids is 4. The number of fused-ring (bicyclic) bond motifs is 6. The fraction of sp³-hybridized carbons (Fsp3) is 0.727. The van der Waals surface area contributed by atoms with Gasteiger partial charge in [-0.3, -0.25) is 24.0 Å². The molecule has 0 radical (unpaired) electrons. The van der Waals surface area contributed by atoms with Crippen molar-refractivity contribution in [3.63, 3.8) is 0 Å². The second-order valence-corrected chi connectivity index (χ2v) is 19.1. The number of thiazole rings is 1. The van der Waals surface area contributed by atoms with E-state index in [-0.39, 0.29) is 50.7 Å². The van der Waals surface area contributed by atoms with Crippen molar-refractivity contribution in [1.82, 2.24) is 15.4 Å². The van der Waals surface area contributed by atoms with E-state index in [2.05, 4.69) is 20.8 Å². The maximum absolute atomic E-state index is 14.5. The number of aliphatic hydroxyl groups excluding tert-OH is 1. The van der Waals surface area contributed by atoms with Crippen LogP contribution in [0.25, 0.3) is 10.2 Å². The standard InChI is InChI=1S/C44H67N5O12S/c1-13-34-44(10,55)39-24(4)35(45-27(7)50)22(2)18-43(9,38(25(5)36(52)26(6)40(54)60-34)61-41-37(53)32(49(11)12)16-23(3)59-41)57-21-30(20-56-39)48-58-19-29-14-15-31-33(17-29)62-42(47-31)46-28(8)51/h14-15,17,22-26,30,32,34,37-39,41,48,53,55H,13,16,18-21H2,1-12H3,(H,46,47,51)/t22-,23-,24+,25+,26-,30?,32+,34-,37-,38-,39-,41-,43-,44-/m1/s1. The van der Waals surface area contributed by atoms with Crippen LogP contribution in [0.5, 0.6) is 0 Å². The zero-order valence-electron chi connectivity index (χ0n) is 38.1. The van der Waals surface area contributed by atoms with Gasteiger partial charge in [-0.15, -0.1) is 0 Å². The number of Topliss-reactive ketones (excluding diaryl/α,β-unsaturated/α-hetero) is 1. The molecule has 3 aliphatic heterocycles. The molecule has 17 nitrogen and oxygen atoms in total. The molecule has 5 rings (SSSR count). The Hall–Kier alpha value is -3.30. The first-order chi connectivity index (χ1) is 29.1. The van der Waals surface area contributed by atoms with Crippen molar-refractivity contribution in [2.24, 2.45) is 28.7 Å². The Balaban J connectivity index is 1.60. The number of carbonyl (C=O) groups is 4. The molecule has 1 aromatic carbocycles. The van der Waals surface area contributed by atoms with E-state index in [1.54, 1.807) is 13.8 Å². The van der Waals surface area contributed by atoms with Crippen LogP contribution in [0, 0.1) is 23.7 Å². The first-order valence-corrected chi connectivity index (χ1v) is 22.4. The number of amides is 2. The molecule has 4 heterocycles. The van der Waals surface area contributed by atoms with Crippen LogP contribution in [-0.4, -0.2) is 137 Å². The highest BCUT2D eigenvalue weighted by atomic mass is 32.1. The summed E-state index contributed by atoms with van der Waals surface area (Å²) in [6, 6.07) is 4.61. The van der Waals surface area contributed by atoms with E-state index in [4.69, 9.17) is 28.5 Å². The van der Waals surface area contributed by atoms with Gasteiger partial charge in [0.05, 0.1) is 60.0 Å². The van der Waals surface area contributed by atoms with Crippen LogP contribution in [0.3, 0.4) is 0 Å². The zero-order valence-corrected chi connectivity index (χ0v) is 38.9. The molecule has 2 amide bonds. The number of hydrogen-bond donors (Lipinski definition) is 4. The fourth-order valence-corrected chi connectivity index (χ4v) is 10.2. The van der Waals surface area contributed by atoms with Crippen molar-refractivity contribution >= 4 is 56.0 Å². The Morgan fingerprint density at radius 3 is 2.44 bits per heavy atom. The number of anilines is 1. The molecule has 3 saturated heterocycles. The highest BCUT2D eigenvalue weighted by Crippen LogP contribution is 2.40. The molecule has 0 aliphatic carbocycles. The molecule has 14 atom stereocenters. The van der Waals surface area contributed by atoms with Gasteiger partial charge in [0.25, 0.3) is 0 Å². The van der Waals surface area contributed by atoms with E-state index in [1.165, 1.54) is 39.0 Å². The largest absolute Gasteiger partial charge is 0.459 e. The van der Waals surface area contributed by atoms with Crippen LogP contribution in [0.1, 0.15) is 94.1 Å². The summed E-state index contributed by atoms with van der Waals surface area (Å²) in [4.78, 5) is 69.9. The van der Waals surface area contributed by atoms with Gasteiger partial charge in [-0.2, -0.15) is 5.48 Å². The van der Waals surface area contributed by atoms with Gasteiger partial charge in [0.1, 0.15) is 23.7 Å². The molecule has 3 aliphatic rings. The molecule has 0 saturated carbocycles. The van der Waals surface area contributed by atoms with Crippen molar-refractivity contribution in [3.8, 4) is 0 Å². The maximum Gasteiger partial charge on any atom is 0.316 e. The lowest BCUT2D eigenvalue weighted by molar-refractivity contribution is -0.298. The predicted molar refractivity (Wildman–Crippen MR) is 232 cm³/mol. The molecule has 346 valence electrons. The van der Waals surface area contributed by atoms with Crippen molar-refractivity contribution in [2.75, 3.05) is 32.6 Å². The van der Waals surface area contributed by atoms with Gasteiger partial charge in [-0.05, 0) is 84.7 Å². The molecule has 18 heteroatoms. The second kappa shape index (κ2) is 20.7.